The van der Waals surface area contributed by atoms with Gasteiger partial charge in [-0.05, 0) is 6.92 Å². The van der Waals surface area contributed by atoms with E-state index in [4.69, 9.17) is 0 Å². The van der Waals surface area contributed by atoms with Crippen LogP contribution in [-0.2, 0) is 4.79 Å². The third-order valence-electron chi connectivity index (χ3n) is 1.46. The lowest BCUT2D eigenvalue weighted by Gasteiger charge is -2.12. The molecule has 0 aromatic carbocycles. The SMILES string of the molecule is C=C(Br)CNC(C)C(=O)NC(=O)NC. The van der Waals surface area contributed by atoms with Crippen LogP contribution in [0.1, 0.15) is 6.92 Å². The van der Waals surface area contributed by atoms with E-state index in [9.17, 15) is 9.59 Å². The number of nitrogens with one attached hydrogen (secondary N) is 3. The smallest absolute Gasteiger partial charge is 0.321 e. The summed E-state index contributed by atoms with van der Waals surface area (Å²) in [5.41, 5.74) is 0. The number of carbonyl (C=O) groups is 2. The number of amides is 3. The largest absolute Gasteiger partial charge is 0.341 e. The quantitative estimate of drug-likeness (QED) is 0.685. The molecule has 0 aromatic rings. The Hall–Kier alpha value is -0.880. The molecule has 5 nitrogen and oxygen atoms in total. The number of imide groups is 1. The van der Waals surface area contributed by atoms with Crippen LogP contribution in [0.15, 0.2) is 11.1 Å². The van der Waals surface area contributed by atoms with Crippen molar-refractivity contribution in [2.45, 2.75) is 13.0 Å². The van der Waals surface area contributed by atoms with Crippen LogP contribution < -0.4 is 16.0 Å². The molecule has 0 fully saturated rings. The van der Waals surface area contributed by atoms with Crippen molar-refractivity contribution >= 4 is 27.9 Å². The molecule has 0 aliphatic rings. The molecule has 0 aliphatic heterocycles. The van der Waals surface area contributed by atoms with Crippen molar-refractivity contribution in [3.8, 4) is 0 Å². The van der Waals surface area contributed by atoms with Crippen molar-refractivity contribution in [3.05, 3.63) is 11.1 Å². The predicted octanol–water partition coefficient (Wildman–Crippen LogP) is 0.329. The van der Waals surface area contributed by atoms with Gasteiger partial charge in [0.15, 0.2) is 0 Å². The van der Waals surface area contributed by atoms with Gasteiger partial charge < -0.3 is 10.6 Å². The topological polar surface area (TPSA) is 70.2 Å². The molecule has 3 amide bonds. The fourth-order valence-electron chi connectivity index (χ4n) is 0.639. The molecule has 0 radical (unpaired) electrons. The average molecular weight is 264 g/mol. The van der Waals surface area contributed by atoms with Gasteiger partial charge in [0.2, 0.25) is 5.91 Å². The predicted molar refractivity (Wildman–Crippen MR) is 58.1 cm³/mol. The Balaban J connectivity index is 3.87. The summed E-state index contributed by atoms with van der Waals surface area (Å²) >= 11 is 3.15. The Morgan fingerprint density at radius 1 is 1.50 bits per heavy atom. The van der Waals surface area contributed by atoms with Gasteiger partial charge in [0, 0.05) is 18.1 Å². The van der Waals surface area contributed by atoms with Gasteiger partial charge in [0.25, 0.3) is 0 Å². The van der Waals surface area contributed by atoms with Crippen molar-refractivity contribution in [2.75, 3.05) is 13.6 Å². The average Bonchev–Trinajstić information content (AvgIpc) is 2.13. The van der Waals surface area contributed by atoms with Gasteiger partial charge in [0.05, 0.1) is 6.04 Å². The van der Waals surface area contributed by atoms with Crippen LogP contribution in [0.3, 0.4) is 0 Å². The Bertz CT molecular complexity index is 243. The van der Waals surface area contributed by atoms with E-state index >= 15 is 0 Å². The third kappa shape index (κ3) is 5.71. The molecule has 1 atom stereocenters. The van der Waals surface area contributed by atoms with E-state index in [1.807, 2.05) is 0 Å². The minimum Gasteiger partial charge on any atom is -0.341 e. The molecular weight excluding hydrogens is 250 g/mol. The van der Waals surface area contributed by atoms with Crippen LogP contribution in [0.2, 0.25) is 0 Å². The van der Waals surface area contributed by atoms with Crippen molar-refractivity contribution in [2.24, 2.45) is 0 Å². The first-order valence-electron chi connectivity index (χ1n) is 4.06. The van der Waals surface area contributed by atoms with E-state index < -0.39 is 12.1 Å². The first-order valence-corrected chi connectivity index (χ1v) is 4.86. The minimum atomic E-state index is -0.513. The highest BCUT2D eigenvalue weighted by atomic mass is 79.9. The van der Waals surface area contributed by atoms with E-state index in [-0.39, 0.29) is 5.91 Å². The van der Waals surface area contributed by atoms with Crippen molar-refractivity contribution in [3.63, 3.8) is 0 Å². The van der Waals surface area contributed by atoms with E-state index in [1.54, 1.807) is 6.92 Å². The molecular formula is C8H14BrN3O2. The van der Waals surface area contributed by atoms with Crippen LogP contribution in [0.25, 0.3) is 0 Å². The van der Waals surface area contributed by atoms with Gasteiger partial charge in [-0.1, -0.05) is 22.5 Å². The molecule has 0 saturated heterocycles. The molecule has 80 valence electrons. The minimum absolute atomic E-state index is 0.377. The van der Waals surface area contributed by atoms with E-state index in [0.717, 1.165) is 4.48 Å². The molecule has 0 saturated carbocycles. The molecule has 0 aromatic heterocycles. The summed E-state index contributed by atoms with van der Waals surface area (Å²) in [6.45, 7) is 5.74. The zero-order chi connectivity index (χ0) is 11.1. The maximum Gasteiger partial charge on any atom is 0.321 e. The zero-order valence-corrected chi connectivity index (χ0v) is 9.77. The van der Waals surface area contributed by atoms with Gasteiger partial charge in [-0.3, -0.25) is 10.1 Å². The van der Waals surface area contributed by atoms with Crippen molar-refractivity contribution in [1.82, 2.24) is 16.0 Å². The van der Waals surface area contributed by atoms with E-state index in [2.05, 4.69) is 38.5 Å². The normalized spacial score (nSPS) is 11.6. The number of halogens is 1. The summed E-state index contributed by atoms with van der Waals surface area (Å²) in [7, 11) is 1.45. The lowest BCUT2D eigenvalue weighted by atomic mass is 10.3. The summed E-state index contributed by atoms with van der Waals surface area (Å²) in [5, 5.41) is 7.32. The van der Waals surface area contributed by atoms with Gasteiger partial charge >= 0.3 is 6.03 Å². The Morgan fingerprint density at radius 3 is 2.50 bits per heavy atom. The lowest BCUT2D eigenvalue weighted by Crippen LogP contribution is -2.47. The zero-order valence-electron chi connectivity index (χ0n) is 8.19. The second-order valence-corrected chi connectivity index (χ2v) is 3.81. The maximum atomic E-state index is 11.2. The second-order valence-electron chi connectivity index (χ2n) is 2.69. The van der Waals surface area contributed by atoms with Crippen LogP contribution >= 0.6 is 15.9 Å². The monoisotopic (exact) mass is 263 g/mol. The summed E-state index contributed by atoms with van der Waals surface area (Å²) < 4.78 is 0.747. The van der Waals surface area contributed by atoms with Crippen LogP contribution in [0.5, 0.6) is 0 Å². The van der Waals surface area contributed by atoms with Gasteiger partial charge in [-0.2, -0.15) is 0 Å². The molecule has 6 heteroatoms. The first-order chi connectivity index (χ1) is 6.47. The summed E-state index contributed by atoms with van der Waals surface area (Å²) in [4.78, 5) is 22.0. The summed E-state index contributed by atoms with van der Waals surface area (Å²) in [6.07, 6.45) is 0. The number of hydrogen-bond acceptors (Lipinski definition) is 3. The van der Waals surface area contributed by atoms with Crippen LogP contribution in [-0.4, -0.2) is 31.6 Å². The fourth-order valence-corrected chi connectivity index (χ4v) is 0.801. The Labute approximate surface area is 91.4 Å². The maximum absolute atomic E-state index is 11.2. The van der Waals surface area contributed by atoms with Gasteiger partial charge in [0.1, 0.15) is 0 Å². The number of urea groups is 1. The van der Waals surface area contributed by atoms with E-state index in [1.165, 1.54) is 7.05 Å². The summed E-state index contributed by atoms with van der Waals surface area (Å²) in [6, 6.07) is -0.956. The van der Waals surface area contributed by atoms with Gasteiger partial charge in [-0.15, -0.1) is 0 Å². The Morgan fingerprint density at radius 2 is 2.07 bits per heavy atom. The highest BCUT2D eigenvalue weighted by Gasteiger charge is 2.13. The molecule has 0 spiro atoms. The lowest BCUT2D eigenvalue weighted by molar-refractivity contribution is -0.121. The van der Waals surface area contributed by atoms with Gasteiger partial charge in [-0.25, -0.2) is 4.79 Å². The van der Waals surface area contributed by atoms with E-state index in [0.29, 0.717) is 6.54 Å². The Kier molecular flexibility index (Phi) is 6.14. The van der Waals surface area contributed by atoms with Crippen LogP contribution in [0, 0.1) is 0 Å². The van der Waals surface area contributed by atoms with Crippen molar-refractivity contribution < 1.29 is 9.59 Å². The standard InChI is InChI=1S/C8H14BrN3O2/c1-5(9)4-11-6(2)7(13)12-8(14)10-3/h6,11H,1,4H2,2-3H3,(H2,10,12,13,14). The number of carbonyl (C=O) groups excluding carboxylic acids is 2. The van der Waals surface area contributed by atoms with Crippen molar-refractivity contribution in [1.29, 1.82) is 0 Å². The second kappa shape index (κ2) is 6.56. The van der Waals surface area contributed by atoms with Crippen LogP contribution in [0.4, 0.5) is 4.79 Å². The molecule has 0 bridgehead atoms. The highest BCUT2D eigenvalue weighted by molar-refractivity contribution is 9.11. The molecule has 3 N–H and O–H groups in total. The molecule has 1 unspecified atom stereocenters. The molecule has 0 heterocycles. The highest BCUT2D eigenvalue weighted by Crippen LogP contribution is 1.97. The number of rotatable bonds is 4. The first kappa shape index (κ1) is 13.1. The number of hydrogen-bond donors (Lipinski definition) is 3. The molecule has 14 heavy (non-hydrogen) atoms. The molecule has 0 aliphatic carbocycles. The molecule has 0 rings (SSSR count). The summed E-state index contributed by atoms with van der Waals surface area (Å²) in [5.74, 6) is -0.377. The fraction of sp³-hybridized carbons (Fsp3) is 0.500. The third-order valence-corrected chi connectivity index (χ3v) is 1.74.